The lowest BCUT2D eigenvalue weighted by Gasteiger charge is -2.34. The number of carbonyl (C=O) groups excluding carboxylic acids is 1. The fourth-order valence-electron chi connectivity index (χ4n) is 3.20. The largest absolute Gasteiger partial charge is 0.497 e. The molecule has 1 aliphatic rings. The molecule has 0 aromatic heterocycles. The van der Waals surface area contributed by atoms with Crippen molar-refractivity contribution in [2.24, 2.45) is 0 Å². The Hall–Kier alpha value is -2.73. The van der Waals surface area contributed by atoms with Crippen LogP contribution in [0.15, 0.2) is 48.5 Å². The molecular formula is C22H29N3O3. The van der Waals surface area contributed by atoms with E-state index in [0.29, 0.717) is 17.9 Å². The molecule has 150 valence electrons. The average Bonchev–Trinajstić information content (AvgIpc) is 2.73. The number of ether oxygens (including phenoxy) is 2. The predicted octanol–water partition coefficient (Wildman–Crippen LogP) is 3.24. The van der Waals surface area contributed by atoms with E-state index < -0.39 is 6.10 Å². The molecule has 0 spiro atoms. The number of likely N-dealkylation sites (N-methyl/N-ethyl adjacent to an activating group) is 1. The van der Waals surface area contributed by atoms with Crippen molar-refractivity contribution < 1.29 is 14.3 Å². The van der Waals surface area contributed by atoms with Crippen LogP contribution in [-0.2, 0) is 4.79 Å². The lowest BCUT2D eigenvalue weighted by molar-refractivity contribution is -0.122. The van der Waals surface area contributed by atoms with Gasteiger partial charge in [0.25, 0.3) is 5.91 Å². The van der Waals surface area contributed by atoms with E-state index >= 15 is 0 Å². The predicted molar refractivity (Wildman–Crippen MR) is 112 cm³/mol. The average molecular weight is 383 g/mol. The lowest BCUT2D eigenvalue weighted by Crippen LogP contribution is -2.44. The van der Waals surface area contributed by atoms with Crippen molar-refractivity contribution in [3.05, 3.63) is 48.5 Å². The van der Waals surface area contributed by atoms with Crippen LogP contribution in [0.5, 0.6) is 11.5 Å². The number of benzene rings is 2. The molecule has 2 aromatic carbocycles. The first-order valence-electron chi connectivity index (χ1n) is 9.74. The Balaban J connectivity index is 1.59. The minimum atomic E-state index is -0.565. The fourth-order valence-corrected chi connectivity index (χ4v) is 3.20. The van der Waals surface area contributed by atoms with E-state index in [0.717, 1.165) is 31.9 Å². The molecule has 1 amide bonds. The van der Waals surface area contributed by atoms with E-state index in [1.807, 2.05) is 37.3 Å². The van der Waals surface area contributed by atoms with Crippen LogP contribution in [0, 0.1) is 0 Å². The van der Waals surface area contributed by atoms with Crippen molar-refractivity contribution in [1.82, 2.24) is 4.90 Å². The molecule has 1 aliphatic heterocycles. The minimum Gasteiger partial charge on any atom is -0.497 e. The molecule has 6 nitrogen and oxygen atoms in total. The highest BCUT2D eigenvalue weighted by Crippen LogP contribution is 2.22. The summed E-state index contributed by atoms with van der Waals surface area (Å²) >= 11 is 0. The van der Waals surface area contributed by atoms with Crippen molar-refractivity contribution in [2.75, 3.05) is 50.6 Å². The molecule has 0 bridgehead atoms. The van der Waals surface area contributed by atoms with Crippen molar-refractivity contribution >= 4 is 17.3 Å². The quantitative estimate of drug-likeness (QED) is 0.795. The monoisotopic (exact) mass is 383 g/mol. The van der Waals surface area contributed by atoms with Gasteiger partial charge >= 0.3 is 0 Å². The molecule has 6 heteroatoms. The third-order valence-corrected chi connectivity index (χ3v) is 4.99. The van der Waals surface area contributed by atoms with Gasteiger partial charge in [0.2, 0.25) is 0 Å². The van der Waals surface area contributed by atoms with E-state index in [1.54, 1.807) is 13.2 Å². The van der Waals surface area contributed by atoms with E-state index in [1.165, 1.54) is 5.69 Å². The van der Waals surface area contributed by atoms with Crippen LogP contribution in [0.1, 0.15) is 13.3 Å². The van der Waals surface area contributed by atoms with Gasteiger partial charge in [-0.15, -0.1) is 0 Å². The van der Waals surface area contributed by atoms with Gasteiger partial charge < -0.3 is 24.6 Å². The third-order valence-electron chi connectivity index (χ3n) is 4.99. The molecule has 2 aromatic rings. The summed E-state index contributed by atoms with van der Waals surface area (Å²) in [4.78, 5) is 17.3. The number of hydrogen-bond donors (Lipinski definition) is 1. The number of carbonyl (C=O) groups is 1. The highest BCUT2D eigenvalue weighted by atomic mass is 16.5. The number of nitrogens with one attached hydrogen (secondary N) is 1. The Morgan fingerprint density at radius 2 is 1.75 bits per heavy atom. The zero-order valence-electron chi connectivity index (χ0n) is 16.9. The summed E-state index contributed by atoms with van der Waals surface area (Å²) < 4.78 is 11.1. The molecule has 0 radical (unpaired) electrons. The van der Waals surface area contributed by atoms with Crippen molar-refractivity contribution in [3.8, 4) is 11.5 Å². The maximum Gasteiger partial charge on any atom is 0.265 e. The highest BCUT2D eigenvalue weighted by molar-refractivity contribution is 5.94. The number of amides is 1. The molecule has 28 heavy (non-hydrogen) atoms. The summed E-state index contributed by atoms with van der Waals surface area (Å²) in [5, 5.41) is 2.96. The second-order valence-corrected chi connectivity index (χ2v) is 7.02. The zero-order valence-corrected chi connectivity index (χ0v) is 16.9. The maximum absolute atomic E-state index is 12.6. The normalized spacial score (nSPS) is 15.8. The van der Waals surface area contributed by atoms with Gasteiger partial charge in [-0.1, -0.05) is 13.0 Å². The number of methoxy groups -OCH3 is 1. The van der Waals surface area contributed by atoms with E-state index in [-0.39, 0.29) is 5.91 Å². The fraction of sp³-hybridized carbons (Fsp3) is 0.409. The Morgan fingerprint density at radius 1 is 1.07 bits per heavy atom. The minimum absolute atomic E-state index is 0.155. The van der Waals surface area contributed by atoms with Crippen LogP contribution in [0.2, 0.25) is 0 Å². The van der Waals surface area contributed by atoms with Gasteiger partial charge in [-0.25, -0.2) is 0 Å². The van der Waals surface area contributed by atoms with Crippen LogP contribution in [0.25, 0.3) is 0 Å². The van der Waals surface area contributed by atoms with E-state index in [2.05, 4.69) is 34.3 Å². The molecule has 1 saturated heterocycles. The van der Waals surface area contributed by atoms with Crippen LogP contribution < -0.4 is 19.7 Å². The lowest BCUT2D eigenvalue weighted by atomic mass is 10.2. The second-order valence-electron chi connectivity index (χ2n) is 7.02. The number of rotatable bonds is 7. The molecule has 3 rings (SSSR count). The molecule has 0 aliphatic carbocycles. The Morgan fingerprint density at radius 3 is 2.39 bits per heavy atom. The second kappa shape index (κ2) is 9.46. The van der Waals surface area contributed by atoms with E-state index in [4.69, 9.17) is 9.47 Å². The summed E-state index contributed by atoms with van der Waals surface area (Å²) in [6, 6.07) is 15.3. The van der Waals surface area contributed by atoms with Crippen LogP contribution in [0.3, 0.4) is 0 Å². The molecular weight excluding hydrogens is 354 g/mol. The van der Waals surface area contributed by atoms with Gasteiger partial charge in [0.15, 0.2) is 6.10 Å². The van der Waals surface area contributed by atoms with Gasteiger partial charge in [0, 0.05) is 43.6 Å². The summed E-state index contributed by atoms with van der Waals surface area (Å²) in [5.41, 5.74) is 1.96. The van der Waals surface area contributed by atoms with Gasteiger partial charge in [-0.2, -0.15) is 0 Å². The first-order valence-corrected chi connectivity index (χ1v) is 9.74. The van der Waals surface area contributed by atoms with Gasteiger partial charge in [-0.3, -0.25) is 4.79 Å². The van der Waals surface area contributed by atoms with Crippen LogP contribution >= 0.6 is 0 Å². The van der Waals surface area contributed by atoms with Gasteiger partial charge in [0.1, 0.15) is 11.5 Å². The van der Waals surface area contributed by atoms with Crippen LogP contribution in [0.4, 0.5) is 11.4 Å². The SMILES string of the molecule is CC[C@H](Oc1cccc(OC)c1)C(=O)Nc1ccc(N2CCN(C)CC2)cc1. The molecule has 1 atom stereocenters. The molecule has 1 fully saturated rings. The Labute approximate surface area is 167 Å². The number of anilines is 2. The summed E-state index contributed by atoms with van der Waals surface area (Å²) in [7, 11) is 3.75. The van der Waals surface area contributed by atoms with Gasteiger partial charge in [-0.05, 0) is 49.9 Å². The first-order chi connectivity index (χ1) is 13.6. The topological polar surface area (TPSA) is 54.0 Å². The molecule has 1 heterocycles. The number of hydrogen-bond acceptors (Lipinski definition) is 5. The highest BCUT2D eigenvalue weighted by Gasteiger charge is 2.19. The Kier molecular flexibility index (Phi) is 6.76. The molecule has 1 N–H and O–H groups in total. The number of piperazine rings is 1. The standard InChI is InChI=1S/C22H29N3O3/c1-4-21(28-20-7-5-6-19(16-20)27-3)22(26)23-17-8-10-18(11-9-17)25-14-12-24(2)13-15-25/h5-11,16,21H,4,12-15H2,1-3H3,(H,23,26)/t21-/m0/s1. The first kappa shape index (κ1) is 20.0. The van der Waals surface area contributed by atoms with Crippen LogP contribution in [-0.4, -0.2) is 57.2 Å². The number of nitrogens with zero attached hydrogens (tertiary/aromatic N) is 2. The summed E-state index contributed by atoms with van der Waals surface area (Å²) in [5.74, 6) is 1.16. The van der Waals surface area contributed by atoms with Gasteiger partial charge in [0.05, 0.1) is 7.11 Å². The molecule has 0 unspecified atom stereocenters. The molecule has 0 saturated carbocycles. The summed E-state index contributed by atoms with van der Waals surface area (Å²) in [6.45, 7) is 6.11. The maximum atomic E-state index is 12.6. The van der Waals surface area contributed by atoms with E-state index in [9.17, 15) is 4.79 Å². The smallest absolute Gasteiger partial charge is 0.265 e. The summed E-state index contributed by atoms with van der Waals surface area (Å²) in [6.07, 6.45) is 0.00649. The van der Waals surface area contributed by atoms with Crippen molar-refractivity contribution in [3.63, 3.8) is 0 Å². The van der Waals surface area contributed by atoms with Crippen molar-refractivity contribution in [1.29, 1.82) is 0 Å². The Bertz CT molecular complexity index is 771. The third kappa shape index (κ3) is 5.16. The zero-order chi connectivity index (χ0) is 19.9. The van der Waals surface area contributed by atoms with Crippen molar-refractivity contribution in [2.45, 2.75) is 19.4 Å².